The maximum absolute atomic E-state index is 11.7. The Labute approximate surface area is 170 Å². The number of phosphoric ester groups is 1. The third kappa shape index (κ3) is 9.67. The van der Waals surface area contributed by atoms with E-state index in [0.717, 1.165) is 0 Å². The van der Waals surface area contributed by atoms with Crippen LogP contribution < -0.4 is 5.32 Å². The average molecular weight is 434 g/mol. The lowest BCUT2D eigenvalue weighted by Crippen LogP contribution is -2.23. The molecule has 0 aliphatic carbocycles. The molecule has 1 aromatic rings. The molecule has 0 heterocycles. The molecule has 0 spiro atoms. The molecule has 0 saturated heterocycles. The highest BCUT2D eigenvalue weighted by atomic mass is 32.1. The summed E-state index contributed by atoms with van der Waals surface area (Å²) in [4.78, 5) is 31.5. The molecule has 0 saturated carbocycles. The minimum atomic E-state index is -4.46. The lowest BCUT2D eigenvalue weighted by atomic mass is 10.0. The van der Waals surface area contributed by atoms with Crippen LogP contribution in [0.1, 0.15) is 50.8 Å². The molecule has 2 N–H and O–H groups in total. The van der Waals surface area contributed by atoms with Crippen LogP contribution in [0.15, 0.2) is 18.2 Å². The van der Waals surface area contributed by atoms with Crippen molar-refractivity contribution in [3.63, 3.8) is 0 Å². The average Bonchev–Trinajstić information content (AvgIpc) is 2.67. The zero-order valence-corrected chi connectivity index (χ0v) is 17.7. The highest BCUT2D eigenvalue weighted by molar-refractivity contribution is 7.80. The summed E-state index contributed by atoms with van der Waals surface area (Å²) in [5.74, 6) is -0.241. The number of thiol groups is 1. The zero-order chi connectivity index (χ0) is 21.7. The first-order chi connectivity index (χ1) is 13.2. The van der Waals surface area contributed by atoms with E-state index in [1.165, 1.54) is 25.1 Å². The van der Waals surface area contributed by atoms with Gasteiger partial charge in [0.1, 0.15) is 0 Å². The van der Waals surface area contributed by atoms with Crippen molar-refractivity contribution in [1.82, 2.24) is 5.32 Å². The topological polar surface area (TPSA) is 137 Å². The van der Waals surface area contributed by atoms with Crippen LogP contribution in [0.2, 0.25) is 0 Å². The van der Waals surface area contributed by atoms with E-state index in [1.807, 2.05) is 13.8 Å². The Morgan fingerprint density at radius 2 is 2.11 bits per heavy atom. The summed E-state index contributed by atoms with van der Waals surface area (Å²) in [6.45, 7) is 5.71. The third-order valence-corrected chi connectivity index (χ3v) is 4.68. The van der Waals surface area contributed by atoms with Crippen molar-refractivity contribution in [2.24, 2.45) is 0 Å². The molecule has 0 aromatic heterocycles. The van der Waals surface area contributed by atoms with E-state index in [-0.39, 0.29) is 36.7 Å². The quantitative estimate of drug-likeness (QED) is 0.0919. The number of nitrogens with zero attached hydrogens (tertiary/aromatic N) is 1. The first-order valence-electron chi connectivity index (χ1n) is 8.40. The van der Waals surface area contributed by atoms with Crippen LogP contribution in [-0.2, 0) is 29.1 Å². The minimum Gasteiger partial charge on any atom is -0.448 e. The fourth-order valence-electron chi connectivity index (χ4n) is 2.09. The number of hydrogen-bond donors (Lipinski definition) is 3. The van der Waals surface area contributed by atoms with Crippen LogP contribution in [0, 0.1) is 10.1 Å². The monoisotopic (exact) mass is 434 g/mol. The number of rotatable bonds is 11. The normalized spacial score (nSPS) is 13.6. The second-order valence-electron chi connectivity index (χ2n) is 5.20. The van der Waals surface area contributed by atoms with E-state index < -0.39 is 18.8 Å². The number of phosphoric acid groups is 1. The third-order valence-electron chi connectivity index (χ3n) is 3.28. The van der Waals surface area contributed by atoms with Gasteiger partial charge >= 0.3 is 7.82 Å². The van der Waals surface area contributed by atoms with Crippen molar-refractivity contribution in [3.8, 4) is 0 Å². The Bertz CT molecular complexity index is 694. The lowest BCUT2D eigenvalue weighted by molar-refractivity contribution is -0.386. The van der Waals surface area contributed by atoms with E-state index in [4.69, 9.17) is 12.6 Å². The molecule has 0 aliphatic heterocycles. The molecule has 0 aliphatic rings. The van der Waals surface area contributed by atoms with Gasteiger partial charge in [-0.3, -0.25) is 19.4 Å². The Kier molecular flexibility index (Phi) is 13.0. The SMILES string of the molecule is CC.[B]OCCCC(=O)NCc1ccc([N+](=O)[O-])c(C(C)OP(=O)(O)OS)c1. The zero-order valence-electron chi connectivity index (χ0n) is 15.9. The van der Waals surface area contributed by atoms with Crippen molar-refractivity contribution in [1.29, 1.82) is 0 Å². The molecule has 2 atom stereocenters. The van der Waals surface area contributed by atoms with E-state index in [9.17, 15) is 24.4 Å². The number of carbonyl (C=O) groups excluding carboxylic acids is 1. The molecule has 0 bridgehead atoms. The fraction of sp³-hybridized carbons (Fsp3) is 0.533. The summed E-state index contributed by atoms with van der Waals surface area (Å²) in [6.07, 6.45) is -0.465. The summed E-state index contributed by atoms with van der Waals surface area (Å²) >= 11 is 3.23. The Morgan fingerprint density at radius 1 is 1.46 bits per heavy atom. The number of benzene rings is 1. The van der Waals surface area contributed by atoms with Gasteiger partial charge < -0.3 is 14.9 Å². The molecule has 1 rings (SSSR count). The van der Waals surface area contributed by atoms with Gasteiger partial charge in [-0.15, -0.1) is 0 Å². The Hall–Kier alpha value is -1.43. The molecule has 10 nitrogen and oxygen atoms in total. The minimum absolute atomic E-state index is 0.0536. The van der Waals surface area contributed by atoms with Gasteiger partial charge in [0.15, 0.2) is 0 Å². The van der Waals surface area contributed by atoms with Gasteiger partial charge in [0.05, 0.1) is 16.6 Å². The maximum Gasteiger partial charge on any atom is 0.483 e. The number of nitrogens with one attached hydrogen (secondary N) is 1. The van der Waals surface area contributed by atoms with Gasteiger partial charge in [-0.2, -0.15) is 0 Å². The number of amides is 1. The predicted molar refractivity (Wildman–Crippen MR) is 107 cm³/mol. The Balaban J connectivity index is 0.00000352. The first kappa shape index (κ1) is 26.6. The summed E-state index contributed by atoms with van der Waals surface area (Å²) in [5.41, 5.74) is 0.300. The highest BCUT2D eigenvalue weighted by Crippen LogP contribution is 2.49. The summed E-state index contributed by atoms with van der Waals surface area (Å²) in [7, 11) is 0.410. The van der Waals surface area contributed by atoms with Crippen LogP contribution >= 0.6 is 20.7 Å². The van der Waals surface area contributed by atoms with Gasteiger partial charge in [-0.1, -0.05) is 19.9 Å². The second-order valence-corrected chi connectivity index (χ2v) is 7.00. The standard InChI is InChI=1S/C13H18BN2O8PS.C2H6/c1-9(23-25(20,21)24-26)11-7-10(4-5-12(11)16(18)19)8-15-13(17)3-2-6-22-14;1-2/h4-5,7,9,26H,2-3,6,8H2,1H3,(H,15,17)(H,20,21);1-2H3. The molecule has 1 amide bonds. The maximum atomic E-state index is 11.7. The van der Waals surface area contributed by atoms with Crippen LogP contribution in [-0.4, -0.2) is 30.4 Å². The molecule has 2 unspecified atom stereocenters. The van der Waals surface area contributed by atoms with Crippen LogP contribution in [0.4, 0.5) is 5.69 Å². The van der Waals surface area contributed by atoms with Crippen molar-refractivity contribution < 1.29 is 32.3 Å². The summed E-state index contributed by atoms with van der Waals surface area (Å²) in [5, 5.41) is 13.8. The van der Waals surface area contributed by atoms with Gasteiger partial charge in [0.25, 0.3) is 13.7 Å². The number of carbonyl (C=O) groups is 1. The molecule has 156 valence electrons. The van der Waals surface area contributed by atoms with Gasteiger partial charge in [0, 0.05) is 25.6 Å². The number of hydrogen-bond acceptors (Lipinski definition) is 8. The van der Waals surface area contributed by atoms with E-state index >= 15 is 0 Å². The molecule has 1 aromatic carbocycles. The van der Waals surface area contributed by atoms with Crippen molar-refractivity contribution >= 4 is 40.4 Å². The molecule has 0 fully saturated rings. The van der Waals surface area contributed by atoms with Crippen LogP contribution in [0.25, 0.3) is 0 Å². The summed E-state index contributed by atoms with van der Waals surface area (Å²) < 4.78 is 24.7. The smallest absolute Gasteiger partial charge is 0.448 e. The molecule has 2 radical (unpaired) electrons. The fourth-order valence-corrected chi connectivity index (χ4v) is 2.75. The van der Waals surface area contributed by atoms with Crippen molar-refractivity contribution in [2.75, 3.05) is 6.61 Å². The van der Waals surface area contributed by atoms with Gasteiger partial charge in [0.2, 0.25) is 5.91 Å². The van der Waals surface area contributed by atoms with Crippen LogP contribution in [0.3, 0.4) is 0 Å². The van der Waals surface area contributed by atoms with E-state index in [1.54, 1.807) is 0 Å². The predicted octanol–water partition coefficient (Wildman–Crippen LogP) is 3.16. The largest absolute Gasteiger partial charge is 0.483 e. The summed E-state index contributed by atoms with van der Waals surface area (Å²) in [6, 6.07) is 4.10. The first-order valence-corrected chi connectivity index (χ1v) is 10.3. The van der Waals surface area contributed by atoms with E-state index in [0.29, 0.717) is 12.0 Å². The van der Waals surface area contributed by atoms with Gasteiger partial charge in [-0.05, 0) is 37.9 Å². The molecular formula is C15H24BN2O8PS. The second kappa shape index (κ2) is 13.7. The van der Waals surface area contributed by atoms with Crippen molar-refractivity contribution in [2.45, 2.75) is 46.3 Å². The van der Waals surface area contributed by atoms with Crippen LogP contribution in [0.5, 0.6) is 0 Å². The van der Waals surface area contributed by atoms with Crippen molar-refractivity contribution in [3.05, 3.63) is 39.4 Å². The van der Waals surface area contributed by atoms with Gasteiger partial charge in [-0.25, -0.2) is 8.54 Å². The highest BCUT2D eigenvalue weighted by Gasteiger charge is 2.28. The molecule has 28 heavy (non-hydrogen) atoms. The lowest BCUT2D eigenvalue weighted by Gasteiger charge is -2.16. The molecule has 13 heteroatoms. The number of nitro groups is 1. The van der Waals surface area contributed by atoms with E-state index in [2.05, 4.69) is 26.9 Å². The Morgan fingerprint density at radius 3 is 2.64 bits per heavy atom. The number of nitro benzene ring substituents is 1. The molecular weight excluding hydrogens is 410 g/mol.